The first-order chi connectivity index (χ1) is 8.19. The average molecular weight is 242 g/mol. The Morgan fingerprint density at radius 1 is 1.35 bits per heavy atom. The standard InChI is InChI=1S/C13H22O4/c1-3-5-6-7-8-11-10(9-12(14)17-11)13(15)16-4-2/h10-11H,3-9H2,1-2H3. The molecular weight excluding hydrogens is 220 g/mol. The smallest absolute Gasteiger partial charge is 0.313 e. The van der Waals surface area contributed by atoms with Gasteiger partial charge in [-0.15, -0.1) is 0 Å². The number of esters is 2. The number of unbranched alkanes of at least 4 members (excludes halogenated alkanes) is 3. The zero-order chi connectivity index (χ0) is 12.7. The van der Waals surface area contributed by atoms with Crippen molar-refractivity contribution in [3.05, 3.63) is 0 Å². The van der Waals surface area contributed by atoms with E-state index in [2.05, 4.69) is 6.92 Å². The molecule has 0 aromatic heterocycles. The van der Waals surface area contributed by atoms with E-state index in [1.165, 1.54) is 12.8 Å². The van der Waals surface area contributed by atoms with Gasteiger partial charge < -0.3 is 9.47 Å². The largest absolute Gasteiger partial charge is 0.466 e. The van der Waals surface area contributed by atoms with Crippen molar-refractivity contribution >= 4 is 11.9 Å². The molecule has 0 aromatic rings. The second-order valence-electron chi connectivity index (χ2n) is 4.44. The van der Waals surface area contributed by atoms with Crippen LogP contribution in [0.3, 0.4) is 0 Å². The van der Waals surface area contributed by atoms with E-state index in [4.69, 9.17) is 9.47 Å². The molecule has 4 nitrogen and oxygen atoms in total. The van der Waals surface area contributed by atoms with Gasteiger partial charge in [0.15, 0.2) is 0 Å². The van der Waals surface area contributed by atoms with E-state index in [0.717, 1.165) is 19.3 Å². The van der Waals surface area contributed by atoms with Gasteiger partial charge in [-0.1, -0.05) is 26.2 Å². The van der Waals surface area contributed by atoms with Gasteiger partial charge in [-0.25, -0.2) is 0 Å². The summed E-state index contributed by atoms with van der Waals surface area (Å²) in [5, 5.41) is 0. The Morgan fingerprint density at radius 2 is 2.12 bits per heavy atom. The van der Waals surface area contributed by atoms with Crippen LogP contribution < -0.4 is 0 Å². The van der Waals surface area contributed by atoms with E-state index >= 15 is 0 Å². The van der Waals surface area contributed by atoms with E-state index in [-0.39, 0.29) is 30.4 Å². The molecule has 2 atom stereocenters. The highest BCUT2D eigenvalue weighted by molar-refractivity contribution is 5.83. The summed E-state index contributed by atoms with van der Waals surface area (Å²) >= 11 is 0. The van der Waals surface area contributed by atoms with E-state index in [0.29, 0.717) is 6.61 Å². The molecule has 2 unspecified atom stereocenters. The Hall–Kier alpha value is -1.06. The third-order valence-corrected chi connectivity index (χ3v) is 3.05. The average Bonchev–Trinajstić information content (AvgIpc) is 2.66. The fourth-order valence-corrected chi connectivity index (χ4v) is 2.13. The Kier molecular flexibility index (Phi) is 6.01. The van der Waals surface area contributed by atoms with Crippen LogP contribution in [-0.2, 0) is 19.1 Å². The summed E-state index contributed by atoms with van der Waals surface area (Å²) in [6, 6.07) is 0. The Balaban J connectivity index is 2.39. The number of rotatable bonds is 7. The minimum atomic E-state index is -0.385. The highest BCUT2D eigenvalue weighted by atomic mass is 16.6. The van der Waals surface area contributed by atoms with Crippen LogP contribution in [0.15, 0.2) is 0 Å². The van der Waals surface area contributed by atoms with Gasteiger partial charge in [0.05, 0.1) is 13.0 Å². The van der Waals surface area contributed by atoms with Crippen LogP contribution in [0.5, 0.6) is 0 Å². The molecule has 1 fully saturated rings. The fourth-order valence-electron chi connectivity index (χ4n) is 2.13. The first-order valence-electron chi connectivity index (χ1n) is 6.55. The lowest BCUT2D eigenvalue weighted by molar-refractivity contribution is -0.150. The van der Waals surface area contributed by atoms with Crippen LogP contribution >= 0.6 is 0 Å². The first-order valence-corrected chi connectivity index (χ1v) is 6.55. The second kappa shape index (κ2) is 7.30. The predicted molar refractivity (Wildman–Crippen MR) is 63.4 cm³/mol. The molecule has 0 saturated carbocycles. The number of hydrogen-bond donors (Lipinski definition) is 0. The minimum Gasteiger partial charge on any atom is -0.466 e. The van der Waals surface area contributed by atoms with Gasteiger partial charge in [0.2, 0.25) is 0 Å². The van der Waals surface area contributed by atoms with Crippen molar-refractivity contribution in [1.29, 1.82) is 0 Å². The zero-order valence-electron chi connectivity index (χ0n) is 10.7. The van der Waals surface area contributed by atoms with Crippen LogP contribution in [0.1, 0.15) is 52.4 Å². The van der Waals surface area contributed by atoms with Crippen LogP contribution in [0.25, 0.3) is 0 Å². The molecule has 1 aliphatic heterocycles. The maximum atomic E-state index is 11.6. The summed E-state index contributed by atoms with van der Waals surface area (Å²) in [7, 11) is 0. The van der Waals surface area contributed by atoms with Crippen molar-refractivity contribution in [3.63, 3.8) is 0 Å². The minimum absolute atomic E-state index is 0.178. The van der Waals surface area contributed by atoms with Gasteiger partial charge in [0, 0.05) is 0 Å². The summed E-state index contributed by atoms with van der Waals surface area (Å²) < 4.78 is 10.1. The molecule has 0 aliphatic carbocycles. The molecule has 0 radical (unpaired) electrons. The third kappa shape index (κ3) is 4.36. The number of carbonyl (C=O) groups is 2. The normalized spacial score (nSPS) is 23.5. The van der Waals surface area contributed by atoms with E-state index in [1.807, 2.05) is 0 Å². The molecule has 0 N–H and O–H groups in total. The molecule has 0 bridgehead atoms. The SMILES string of the molecule is CCCCCCC1OC(=O)CC1C(=O)OCC. The van der Waals surface area contributed by atoms with Crippen molar-refractivity contribution in [2.45, 2.75) is 58.5 Å². The predicted octanol–water partition coefficient (Wildman–Crippen LogP) is 2.45. The van der Waals surface area contributed by atoms with Crippen molar-refractivity contribution in [2.24, 2.45) is 5.92 Å². The quantitative estimate of drug-likeness (QED) is 0.508. The highest BCUT2D eigenvalue weighted by Crippen LogP contribution is 2.27. The van der Waals surface area contributed by atoms with Gasteiger partial charge in [-0.05, 0) is 19.8 Å². The lowest BCUT2D eigenvalue weighted by Gasteiger charge is -2.15. The Labute approximate surface area is 103 Å². The monoisotopic (exact) mass is 242 g/mol. The molecule has 17 heavy (non-hydrogen) atoms. The Bertz CT molecular complexity index is 262. The summed E-state index contributed by atoms with van der Waals surface area (Å²) in [5.41, 5.74) is 0. The number of cyclic esters (lactones) is 1. The van der Waals surface area contributed by atoms with Gasteiger partial charge in [0.1, 0.15) is 12.0 Å². The fraction of sp³-hybridized carbons (Fsp3) is 0.846. The molecule has 1 saturated heterocycles. The van der Waals surface area contributed by atoms with Gasteiger partial charge >= 0.3 is 11.9 Å². The lowest BCUT2D eigenvalue weighted by Crippen LogP contribution is -2.26. The first kappa shape index (κ1) is 14.0. The van der Waals surface area contributed by atoms with Crippen molar-refractivity contribution in [3.8, 4) is 0 Å². The molecular formula is C13H22O4. The van der Waals surface area contributed by atoms with Gasteiger partial charge in [-0.2, -0.15) is 0 Å². The topological polar surface area (TPSA) is 52.6 Å². The van der Waals surface area contributed by atoms with Crippen LogP contribution in [0.2, 0.25) is 0 Å². The summed E-state index contributed by atoms with van der Waals surface area (Å²) in [6.07, 6.45) is 5.17. The summed E-state index contributed by atoms with van der Waals surface area (Å²) in [6.45, 7) is 4.27. The molecule has 1 aliphatic rings. The third-order valence-electron chi connectivity index (χ3n) is 3.05. The van der Waals surface area contributed by atoms with Crippen molar-refractivity contribution in [2.75, 3.05) is 6.61 Å². The van der Waals surface area contributed by atoms with E-state index < -0.39 is 0 Å². The maximum Gasteiger partial charge on any atom is 0.313 e. The number of hydrogen-bond acceptors (Lipinski definition) is 4. The molecule has 0 amide bonds. The van der Waals surface area contributed by atoms with Crippen molar-refractivity contribution in [1.82, 2.24) is 0 Å². The molecule has 1 rings (SSSR count). The highest BCUT2D eigenvalue weighted by Gasteiger charge is 2.40. The van der Waals surface area contributed by atoms with Crippen LogP contribution in [-0.4, -0.2) is 24.6 Å². The summed E-state index contributed by atoms with van der Waals surface area (Å²) in [5.74, 6) is -0.952. The second-order valence-corrected chi connectivity index (χ2v) is 4.44. The zero-order valence-corrected chi connectivity index (χ0v) is 10.7. The molecule has 0 spiro atoms. The Morgan fingerprint density at radius 3 is 2.76 bits per heavy atom. The molecule has 1 heterocycles. The van der Waals surface area contributed by atoms with Crippen LogP contribution in [0.4, 0.5) is 0 Å². The molecule has 98 valence electrons. The number of ether oxygens (including phenoxy) is 2. The maximum absolute atomic E-state index is 11.6. The lowest BCUT2D eigenvalue weighted by atomic mass is 9.96. The van der Waals surface area contributed by atoms with Gasteiger partial charge in [0.25, 0.3) is 0 Å². The number of carbonyl (C=O) groups excluding carboxylic acids is 2. The molecule has 4 heteroatoms. The molecule has 0 aromatic carbocycles. The van der Waals surface area contributed by atoms with Crippen molar-refractivity contribution < 1.29 is 19.1 Å². The van der Waals surface area contributed by atoms with Crippen LogP contribution in [0, 0.1) is 5.92 Å². The van der Waals surface area contributed by atoms with E-state index in [9.17, 15) is 9.59 Å². The van der Waals surface area contributed by atoms with Gasteiger partial charge in [-0.3, -0.25) is 9.59 Å². The summed E-state index contributed by atoms with van der Waals surface area (Å²) in [4.78, 5) is 22.9. The van der Waals surface area contributed by atoms with E-state index in [1.54, 1.807) is 6.92 Å².